The average molecular weight is 303 g/mol. The van der Waals surface area contributed by atoms with Crippen LogP contribution in [0.1, 0.15) is 21.9 Å². The summed E-state index contributed by atoms with van der Waals surface area (Å²) in [5.74, 6) is 1.25. The monoisotopic (exact) mass is 303 g/mol. The van der Waals surface area contributed by atoms with Crippen LogP contribution in [-0.4, -0.2) is 26.5 Å². The van der Waals surface area contributed by atoms with E-state index in [1.54, 1.807) is 13.0 Å². The minimum absolute atomic E-state index is 0.0168. The van der Waals surface area contributed by atoms with E-state index >= 15 is 0 Å². The molecule has 0 saturated heterocycles. The summed E-state index contributed by atoms with van der Waals surface area (Å²) >= 11 is -0.0168. The number of nitrogens with one attached hydrogen (secondary N) is 1. The number of hydrogen-bond acceptors (Lipinski definition) is 2. The molecule has 0 unspecified atom stereocenters. The molecule has 3 nitrogen and oxygen atoms in total. The van der Waals surface area contributed by atoms with Gasteiger partial charge in [0, 0.05) is 0 Å². The van der Waals surface area contributed by atoms with E-state index in [9.17, 15) is 4.79 Å². The quantitative estimate of drug-likeness (QED) is 0.880. The molecule has 1 heterocycles. The van der Waals surface area contributed by atoms with Gasteiger partial charge in [-0.3, -0.25) is 0 Å². The normalized spacial score (nSPS) is 10.6. The van der Waals surface area contributed by atoms with Gasteiger partial charge in [-0.25, -0.2) is 0 Å². The average Bonchev–Trinajstić information content (AvgIpc) is 2.69. The Morgan fingerprint density at radius 1 is 1.28 bits per heavy atom. The van der Waals surface area contributed by atoms with Crippen LogP contribution >= 0.6 is 0 Å². The van der Waals surface area contributed by atoms with Crippen molar-refractivity contribution in [3.05, 3.63) is 47.4 Å². The van der Waals surface area contributed by atoms with Crippen molar-refractivity contribution >= 4 is 36.6 Å². The molecule has 0 saturated carbocycles. The van der Waals surface area contributed by atoms with Crippen molar-refractivity contribution in [3.8, 4) is 0 Å². The van der Waals surface area contributed by atoms with Gasteiger partial charge in [-0.15, -0.1) is 0 Å². The zero-order chi connectivity index (χ0) is 13.1. The van der Waals surface area contributed by atoms with Gasteiger partial charge in [0.2, 0.25) is 0 Å². The van der Waals surface area contributed by atoms with E-state index in [1.165, 1.54) is 4.35 Å². The summed E-state index contributed by atoms with van der Waals surface area (Å²) in [6.07, 6.45) is 0. The second-order valence-electron chi connectivity index (χ2n) is 3.99. The first kappa shape index (κ1) is 12.8. The van der Waals surface area contributed by atoms with Gasteiger partial charge in [-0.1, -0.05) is 0 Å². The fourth-order valence-corrected chi connectivity index (χ4v) is 2.46. The molecule has 2 rings (SSSR count). The number of amides is 1. The van der Waals surface area contributed by atoms with Crippen molar-refractivity contribution in [3.63, 3.8) is 0 Å². The zero-order valence-corrected chi connectivity index (χ0v) is 12.2. The molecule has 1 N–H and O–H groups in total. The van der Waals surface area contributed by atoms with Crippen molar-refractivity contribution in [2.45, 2.75) is 13.8 Å². The minimum atomic E-state index is -0.139. The van der Waals surface area contributed by atoms with Crippen LogP contribution < -0.4 is 9.67 Å². The van der Waals surface area contributed by atoms with Gasteiger partial charge in [0.1, 0.15) is 0 Å². The van der Waals surface area contributed by atoms with Gasteiger partial charge < -0.3 is 0 Å². The maximum atomic E-state index is 12.0. The van der Waals surface area contributed by atoms with Crippen LogP contribution in [0.15, 0.2) is 34.7 Å². The molecule has 18 heavy (non-hydrogen) atoms. The Hall–Kier alpha value is -1.60. The van der Waals surface area contributed by atoms with E-state index in [0.717, 1.165) is 11.4 Å². The van der Waals surface area contributed by atoms with E-state index in [1.807, 2.05) is 31.2 Å². The fourth-order valence-electron chi connectivity index (χ4n) is 1.70. The number of anilines is 1. The Kier molecular flexibility index (Phi) is 3.83. The van der Waals surface area contributed by atoms with Crippen LogP contribution in [-0.2, 0) is 0 Å². The van der Waals surface area contributed by atoms with Crippen molar-refractivity contribution in [2.24, 2.45) is 0 Å². The van der Waals surface area contributed by atoms with E-state index in [-0.39, 0.29) is 21.2 Å². The predicted molar refractivity (Wildman–Crippen MR) is 75.1 cm³/mol. The number of carbonyl (C=O) groups is 1. The molecule has 0 spiro atoms. The van der Waals surface area contributed by atoms with Gasteiger partial charge >= 0.3 is 112 Å². The second-order valence-corrected chi connectivity index (χ2v) is 5.73. The van der Waals surface area contributed by atoms with Crippen LogP contribution in [0.2, 0.25) is 0 Å². The van der Waals surface area contributed by atoms with E-state index < -0.39 is 0 Å². The standard InChI is InChI=1S/C14H14AsNO2/c1-9-8-13(10(2)18-9)14(17)16-12-6-4-11(15-3)5-7-12/h4-8H,3H2,1-2H3,(H,16,17). The molecule has 0 aliphatic carbocycles. The summed E-state index contributed by atoms with van der Waals surface area (Å²) in [6, 6.07) is 9.54. The van der Waals surface area contributed by atoms with Crippen LogP contribution in [0.25, 0.3) is 0 Å². The summed E-state index contributed by atoms with van der Waals surface area (Å²) in [7, 11) is 0. The second kappa shape index (κ2) is 5.36. The SMILES string of the molecule is C=[As]c1ccc(NC(=O)c2cc(C)oc2C)cc1. The summed E-state index contributed by atoms with van der Waals surface area (Å²) in [5, 5.41) is 6.76. The molecule has 4 heteroatoms. The molecule has 0 radical (unpaired) electrons. The Labute approximate surface area is 112 Å². The molecule has 92 valence electrons. The maximum absolute atomic E-state index is 12.0. The van der Waals surface area contributed by atoms with Crippen LogP contribution in [0.5, 0.6) is 0 Å². The van der Waals surface area contributed by atoms with Gasteiger partial charge in [0.25, 0.3) is 0 Å². The third-order valence-corrected chi connectivity index (χ3v) is 3.98. The molecule has 1 aromatic carbocycles. The molecular formula is C14H14AsNO2. The van der Waals surface area contributed by atoms with Crippen molar-refractivity contribution in [1.82, 2.24) is 0 Å². The van der Waals surface area contributed by atoms with Crippen molar-refractivity contribution < 1.29 is 9.21 Å². The third-order valence-electron chi connectivity index (χ3n) is 2.59. The van der Waals surface area contributed by atoms with E-state index in [0.29, 0.717) is 11.3 Å². The van der Waals surface area contributed by atoms with Gasteiger partial charge in [-0.2, -0.15) is 0 Å². The molecule has 0 aliphatic rings. The summed E-state index contributed by atoms with van der Waals surface area (Å²) in [6.45, 7) is 3.62. The Morgan fingerprint density at radius 2 is 1.94 bits per heavy atom. The molecule has 1 amide bonds. The number of rotatable bonds is 3. The predicted octanol–water partition coefficient (Wildman–Crippen LogP) is 1.91. The van der Waals surface area contributed by atoms with Crippen molar-refractivity contribution in [1.29, 1.82) is 0 Å². The van der Waals surface area contributed by atoms with Crippen LogP contribution in [0.4, 0.5) is 5.69 Å². The molecule has 0 bridgehead atoms. The Morgan fingerprint density at radius 3 is 2.44 bits per heavy atom. The van der Waals surface area contributed by atoms with Gasteiger partial charge in [0.15, 0.2) is 0 Å². The molecule has 0 aliphatic heterocycles. The number of furan rings is 1. The third kappa shape index (κ3) is 2.80. The molecule has 2 aromatic rings. The van der Waals surface area contributed by atoms with Gasteiger partial charge in [-0.05, 0) is 0 Å². The van der Waals surface area contributed by atoms with Crippen LogP contribution in [0.3, 0.4) is 0 Å². The number of aryl methyl sites for hydroxylation is 2. The number of hydrogen-bond donors (Lipinski definition) is 1. The summed E-state index contributed by atoms with van der Waals surface area (Å²) < 4.78 is 6.58. The fraction of sp³-hybridized carbons (Fsp3) is 0.143. The van der Waals surface area contributed by atoms with Crippen LogP contribution in [0, 0.1) is 13.8 Å². The first-order valence-electron chi connectivity index (χ1n) is 5.55. The number of benzene rings is 1. The number of carbonyl (C=O) groups excluding carboxylic acids is 1. The van der Waals surface area contributed by atoms with E-state index in [4.69, 9.17) is 4.42 Å². The Balaban J connectivity index is 2.15. The molecule has 0 fully saturated rings. The first-order valence-corrected chi connectivity index (χ1v) is 7.82. The summed E-state index contributed by atoms with van der Waals surface area (Å²) in [4.78, 5) is 12.0. The zero-order valence-electron chi connectivity index (χ0n) is 10.4. The molecular weight excluding hydrogens is 289 g/mol. The topological polar surface area (TPSA) is 42.2 Å². The summed E-state index contributed by atoms with van der Waals surface area (Å²) in [5.41, 5.74) is 1.37. The van der Waals surface area contributed by atoms with E-state index in [2.05, 4.69) is 10.6 Å². The van der Waals surface area contributed by atoms with Gasteiger partial charge in [0.05, 0.1) is 0 Å². The Bertz CT molecular complexity index is 584. The molecule has 0 atom stereocenters. The first-order chi connectivity index (χ1) is 8.60. The van der Waals surface area contributed by atoms with Crippen molar-refractivity contribution in [2.75, 3.05) is 5.32 Å². The molecule has 1 aromatic heterocycles.